The van der Waals surface area contributed by atoms with E-state index >= 15 is 0 Å². The molecular formula is C24H31N3S3. The van der Waals surface area contributed by atoms with Crippen molar-refractivity contribution >= 4 is 40.9 Å². The van der Waals surface area contributed by atoms with Crippen LogP contribution in [-0.4, -0.2) is 52.6 Å². The quantitative estimate of drug-likeness (QED) is 0.479. The van der Waals surface area contributed by atoms with Crippen molar-refractivity contribution in [3.8, 4) is 0 Å². The Hall–Kier alpha value is -1.21. The predicted molar refractivity (Wildman–Crippen MR) is 135 cm³/mol. The van der Waals surface area contributed by atoms with Crippen LogP contribution in [0.1, 0.15) is 36.8 Å². The molecule has 0 aliphatic carbocycles. The van der Waals surface area contributed by atoms with Gasteiger partial charge in [0.1, 0.15) is 4.87 Å². The van der Waals surface area contributed by atoms with E-state index in [0.29, 0.717) is 5.11 Å². The molecule has 2 saturated heterocycles. The van der Waals surface area contributed by atoms with Gasteiger partial charge < -0.3 is 15.5 Å². The Kier molecular flexibility index (Phi) is 7.29. The maximum absolute atomic E-state index is 6.04. The van der Waals surface area contributed by atoms with E-state index in [2.05, 4.69) is 71.3 Å². The number of rotatable bonds is 6. The van der Waals surface area contributed by atoms with Crippen molar-refractivity contribution in [2.75, 3.05) is 37.7 Å². The molecule has 0 radical (unpaired) electrons. The van der Waals surface area contributed by atoms with Gasteiger partial charge in [0.25, 0.3) is 0 Å². The molecule has 0 saturated carbocycles. The van der Waals surface area contributed by atoms with Crippen molar-refractivity contribution in [3.05, 3.63) is 65.7 Å². The Morgan fingerprint density at radius 1 is 1.10 bits per heavy atom. The Balaban J connectivity index is 1.33. The van der Waals surface area contributed by atoms with E-state index in [9.17, 15) is 0 Å². The number of likely N-dealkylation sites (tertiary alicyclic amines) is 1. The molecule has 30 heavy (non-hydrogen) atoms. The first-order chi connectivity index (χ1) is 14.6. The molecule has 160 valence electrons. The summed E-state index contributed by atoms with van der Waals surface area (Å²) in [4.78, 5) is 6.00. The molecule has 0 bridgehead atoms. The van der Waals surface area contributed by atoms with Crippen LogP contribution in [0.3, 0.4) is 0 Å². The van der Waals surface area contributed by atoms with Gasteiger partial charge in [0, 0.05) is 35.1 Å². The molecule has 2 N–H and O–H groups in total. The summed E-state index contributed by atoms with van der Waals surface area (Å²) in [6.45, 7) is 6.72. The molecule has 4 rings (SSSR count). The van der Waals surface area contributed by atoms with Gasteiger partial charge in [-0.2, -0.15) is 0 Å². The zero-order valence-electron chi connectivity index (χ0n) is 17.6. The Labute approximate surface area is 194 Å². The average molecular weight is 458 g/mol. The fraction of sp³-hybridized carbons (Fsp3) is 0.458. The summed E-state index contributed by atoms with van der Waals surface area (Å²) >= 11 is 9.26. The standard InChI is InChI=1S/C24H31N3S3/c1-24(27(23(25)28)16-18-30-24)21-9-5-6-10-22(21)29-17-15-26-13-11-20(12-14-26)19-7-3-2-4-8-19/h2-10,20H,11-18H2,1H3,(H2,25,28). The van der Waals surface area contributed by atoms with Crippen LogP contribution in [0.5, 0.6) is 0 Å². The molecular weight excluding hydrogens is 426 g/mol. The van der Waals surface area contributed by atoms with Gasteiger partial charge >= 0.3 is 0 Å². The fourth-order valence-corrected chi connectivity index (χ4v) is 7.56. The maximum atomic E-state index is 6.04. The lowest BCUT2D eigenvalue weighted by Crippen LogP contribution is -2.44. The molecule has 0 spiro atoms. The van der Waals surface area contributed by atoms with Crippen LogP contribution < -0.4 is 5.73 Å². The normalized spacial score (nSPS) is 23.0. The minimum atomic E-state index is -0.163. The van der Waals surface area contributed by atoms with Crippen LogP contribution >= 0.6 is 35.7 Å². The number of nitrogens with two attached hydrogens (primary N) is 1. The molecule has 2 heterocycles. The van der Waals surface area contributed by atoms with Crippen molar-refractivity contribution in [2.24, 2.45) is 5.73 Å². The van der Waals surface area contributed by atoms with Crippen molar-refractivity contribution in [2.45, 2.75) is 35.4 Å². The van der Waals surface area contributed by atoms with E-state index in [4.69, 9.17) is 18.0 Å². The van der Waals surface area contributed by atoms with Gasteiger partial charge in [0.2, 0.25) is 0 Å². The number of nitrogens with zero attached hydrogens (tertiary/aromatic N) is 2. The second kappa shape index (κ2) is 9.94. The minimum Gasteiger partial charge on any atom is -0.376 e. The molecule has 2 aliphatic heterocycles. The van der Waals surface area contributed by atoms with E-state index in [1.165, 1.54) is 42.0 Å². The van der Waals surface area contributed by atoms with Gasteiger partial charge in [-0.25, -0.2) is 0 Å². The molecule has 0 aromatic heterocycles. The summed E-state index contributed by atoms with van der Waals surface area (Å²) in [6.07, 6.45) is 2.53. The number of benzene rings is 2. The first-order valence-corrected chi connectivity index (χ1v) is 13.2. The fourth-order valence-electron chi connectivity index (χ4n) is 4.65. The number of piperidine rings is 1. The highest BCUT2D eigenvalue weighted by molar-refractivity contribution is 8.01. The van der Waals surface area contributed by atoms with Crippen LogP contribution in [-0.2, 0) is 4.87 Å². The monoisotopic (exact) mass is 457 g/mol. The molecule has 1 unspecified atom stereocenters. The van der Waals surface area contributed by atoms with Crippen molar-refractivity contribution < 1.29 is 0 Å². The van der Waals surface area contributed by atoms with Gasteiger partial charge in [-0.05, 0) is 62.6 Å². The topological polar surface area (TPSA) is 32.5 Å². The summed E-state index contributed by atoms with van der Waals surface area (Å²) in [7, 11) is 0. The summed E-state index contributed by atoms with van der Waals surface area (Å²) < 4.78 is 0. The van der Waals surface area contributed by atoms with Crippen molar-refractivity contribution in [1.29, 1.82) is 0 Å². The van der Waals surface area contributed by atoms with Gasteiger partial charge in [0.15, 0.2) is 5.11 Å². The van der Waals surface area contributed by atoms with Gasteiger partial charge in [0.05, 0.1) is 0 Å². The third-order valence-electron chi connectivity index (χ3n) is 6.39. The van der Waals surface area contributed by atoms with Crippen molar-refractivity contribution in [3.63, 3.8) is 0 Å². The van der Waals surface area contributed by atoms with Gasteiger partial charge in [-0.3, -0.25) is 0 Å². The molecule has 1 atom stereocenters. The lowest BCUT2D eigenvalue weighted by Gasteiger charge is -2.36. The minimum absolute atomic E-state index is 0.163. The zero-order valence-corrected chi connectivity index (χ0v) is 20.1. The van der Waals surface area contributed by atoms with Crippen LogP contribution in [0.25, 0.3) is 0 Å². The smallest absolute Gasteiger partial charge is 0.167 e. The predicted octanol–water partition coefficient (Wildman–Crippen LogP) is 5.12. The number of thioether (sulfide) groups is 2. The van der Waals surface area contributed by atoms with Crippen LogP contribution in [0.4, 0.5) is 0 Å². The van der Waals surface area contributed by atoms with E-state index in [1.807, 2.05) is 23.5 Å². The lowest BCUT2D eigenvalue weighted by molar-refractivity contribution is 0.224. The van der Waals surface area contributed by atoms with E-state index in [1.54, 1.807) is 0 Å². The van der Waals surface area contributed by atoms with E-state index in [-0.39, 0.29) is 4.87 Å². The summed E-state index contributed by atoms with van der Waals surface area (Å²) in [5.41, 5.74) is 8.89. The third kappa shape index (κ3) is 4.82. The molecule has 6 heteroatoms. The van der Waals surface area contributed by atoms with Crippen LogP contribution in [0.2, 0.25) is 0 Å². The Bertz CT molecular complexity index is 852. The van der Waals surface area contributed by atoms with Crippen LogP contribution in [0.15, 0.2) is 59.5 Å². The highest BCUT2D eigenvalue weighted by Gasteiger charge is 2.41. The van der Waals surface area contributed by atoms with E-state index < -0.39 is 0 Å². The Morgan fingerprint density at radius 3 is 2.53 bits per heavy atom. The first kappa shape index (κ1) is 22.0. The molecule has 2 aromatic rings. The Morgan fingerprint density at radius 2 is 1.80 bits per heavy atom. The second-order valence-electron chi connectivity index (χ2n) is 8.19. The number of hydrogen-bond donors (Lipinski definition) is 1. The zero-order chi connectivity index (χ0) is 21.0. The molecule has 0 amide bonds. The third-order valence-corrected chi connectivity index (χ3v) is 9.05. The molecule has 3 nitrogen and oxygen atoms in total. The van der Waals surface area contributed by atoms with Crippen molar-refractivity contribution in [1.82, 2.24) is 9.80 Å². The number of hydrogen-bond acceptors (Lipinski definition) is 4. The van der Waals surface area contributed by atoms with Crippen LogP contribution in [0, 0.1) is 0 Å². The second-order valence-corrected chi connectivity index (χ2v) is 11.2. The first-order valence-electron chi connectivity index (χ1n) is 10.8. The maximum Gasteiger partial charge on any atom is 0.167 e. The SMILES string of the molecule is CC1(c2ccccc2SCCN2CCC(c3ccccc3)CC2)SCCN1C(N)=S. The molecule has 2 fully saturated rings. The summed E-state index contributed by atoms with van der Waals surface area (Å²) in [5, 5.41) is 0.503. The molecule has 2 aromatic carbocycles. The summed E-state index contributed by atoms with van der Waals surface area (Å²) in [5.74, 6) is 2.89. The number of thiocarbonyl (C=S) groups is 1. The van der Waals surface area contributed by atoms with Gasteiger partial charge in [-0.1, -0.05) is 48.5 Å². The highest BCUT2D eigenvalue weighted by Crippen LogP contribution is 2.47. The van der Waals surface area contributed by atoms with Gasteiger partial charge in [-0.15, -0.1) is 23.5 Å². The molecule has 2 aliphatic rings. The average Bonchev–Trinajstić information content (AvgIpc) is 3.18. The largest absolute Gasteiger partial charge is 0.376 e. The van der Waals surface area contributed by atoms with E-state index in [0.717, 1.165) is 30.5 Å². The summed E-state index contributed by atoms with van der Waals surface area (Å²) in [6, 6.07) is 19.8. The highest BCUT2D eigenvalue weighted by atomic mass is 32.2. The lowest BCUT2D eigenvalue weighted by atomic mass is 9.89.